The van der Waals surface area contributed by atoms with Crippen molar-refractivity contribution in [1.29, 1.82) is 0 Å². The monoisotopic (exact) mass is 304 g/mol. The van der Waals surface area contributed by atoms with Crippen molar-refractivity contribution in [2.45, 2.75) is 39.2 Å². The number of hydrogen-bond donors (Lipinski definition) is 1. The Morgan fingerprint density at radius 3 is 3.00 bits per heavy atom. The molecule has 1 heterocycles. The molecule has 2 rings (SSSR count). The van der Waals surface area contributed by atoms with Gasteiger partial charge < -0.3 is 10.1 Å². The largest absolute Gasteiger partial charge is 0.494 e. The van der Waals surface area contributed by atoms with Crippen LogP contribution in [0.3, 0.4) is 0 Å². The van der Waals surface area contributed by atoms with Gasteiger partial charge in [0, 0.05) is 17.1 Å². The van der Waals surface area contributed by atoms with E-state index in [9.17, 15) is 0 Å². The normalized spacial score (nSPS) is 12.3. The van der Waals surface area contributed by atoms with Crippen molar-refractivity contribution in [2.24, 2.45) is 0 Å². The molecular weight excluding hydrogens is 280 g/mol. The van der Waals surface area contributed by atoms with Crippen LogP contribution in [0.5, 0.6) is 5.75 Å². The minimum atomic E-state index is 0.454. The first kappa shape index (κ1) is 16.0. The molecular formula is C17H24N2OS. The third-order valence-corrected chi connectivity index (χ3v) is 4.14. The molecule has 0 saturated carbocycles. The van der Waals surface area contributed by atoms with Gasteiger partial charge in [-0.2, -0.15) is 0 Å². The average Bonchev–Trinajstić information content (AvgIpc) is 2.97. The minimum absolute atomic E-state index is 0.454. The highest BCUT2D eigenvalue weighted by atomic mass is 32.1. The van der Waals surface area contributed by atoms with E-state index in [1.807, 2.05) is 23.8 Å². The zero-order chi connectivity index (χ0) is 14.9. The maximum Gasteiger partial charge on any atom is 0.119 e. The van der Waals surface area contributed by atoms with Crippen molar-refractivity contribution in [2.75, 3.05) is 13.2 Å². The summed E-state index contributed by atoms with van der Waals surface area (Å²) in [6.45, 7) is 6.07. The maximum atomic E-state index is 5.86. The summed E-state index contributed by atoms with van der Waals surface area (Å²) in [6.07, 6.45) is 5.15. The molecule has 1 N–H and O–H groups in total. The van der Waals surface area contributed by atoms with Crippen molar-refractivity contribution < 1.29 is 4.74 Å². The van der Waals surface area contributed by atoms with Gasteiger partial charge in [0.05, 0.1) is 12.1 Å². The molecule has 1 unspecified atom stereocenters. The number of nitrogens with one attached hydrogen (secondary N) is 1. The van der Waals surface area contributed by atoms with E-state index in [-0.39, 0.29) is 0 Å². The topological polar surface area (TPSA) is 34.1 Å². The van der Waals surface area contributed by atoms with Gasteiger partial charge in [-0.05, 0) is 50.4 Å². The maximum absolute atomic E-state index is 5.86. The van der Waals surface area contributed by atoms with Gasteiger partial charge in [0.15, 0.2) is 0 Å². The van der Waals surface area contributed by atoms with E-state index in [1.165, 1.54) is 10.4 Å². The number of thiazole rings is 1. The highest BCUT2D eigenvalue weighted by Gasteiger charge is 2.10. The van der Waals surface area contributed by atoms with Crippen molar-refractivity contribution in [3.63, 3.8) is 0 Å². The van der Waals surface area contributed by atoms with Gasteiger partial charge in [-0.15, -0.1) is 11.3 Å². The van der Waals surface area contributed by atoms with E-state index in [0.29, 0.717) is 6.04 Å². The number of ether oxygens (including phenoxy) is 1. The fourth-order valence-corrected chi connectivity index (χ4v) is 2.91. The van der Waals surface area contributed by atoms with Crippen LogP contribution in [0.15, 0.2) is 36.0 Å². The molecule has 0 saturated heterocycles. The van der Waals surface area contributed by atoms with E-state index in [0.717, 1.165) is 38.2 Å². The first-order valence-corrected chi connectivity index (χ1v) is 8.46. The molecule has 0 spiro atoms. The second-order valence-corrected chi connectivity index (χ2v) is 6.25. The lowest BCUT2D eigenvalue weighted by molar-refractivity contribution is 0.284. The Bertz CT molecular complexity index is 513. The van der Waals surface area contributed by atoms with Crippen LogP contribution < -0.4 is 10.1 Å². The zero-order valence-corrected chi connectivity index (χ0v) is 13.7. The molecule has 0 aliphatic rings. The molecule has 1 atom stereocenters. The van der Waals surface area contributed by atoms with Crippen molar-refractivity contribution in [3.05, 3.63) is 46.4 Å². The molecule has 3 nitrogen and oxygen atoms in total. The molecule has 114 valence electrons. The SMILES string of the molecule is CCCNC(CCOc1cccc(C)c1)Cc1cncs1. The Morgan fingerprint density at radius 1 is 1.38 bits per heavy atom. The molecule has 2 aromatic rings. The third kappa shape index (κ3) is 5.86. The predicted molar refractivity (Wildman–Crippen MR) is 89.2 cm³/mol. The van der Waals surface area contributed by atoms with Crippen LogP contribution in [0.25, 0.3) is 0 Å². The number of rotatable bonds is 9. The van der Waals surface area contributed by atoms with Crippen LogP contribution in [0.2, 0.25) is 0 Å². The van der Waals surface area contributed by atoms with Crippen LogP contribution in [-0.2, 0) is 6.42 Å². The first-order chi connectivity index (χ1) is 10.3. The molecule has 0 radical (unpaired) electrons. The van der Waals surface area contributed by atoms with Crippen LogP contribution >= 0.6 is 11.3 Å². The number of aromatic nitrogens is 1. The lowest BCUT2D eigenvalue weighted by atomic mass is 10.1. The fourth-order valence-electron chi connectivity index (χ4n) is 2.23. The van der Waals surface area contributed by atoms with Gasteiger partial charge in [0.25, 0.3) is 0 Å². The average molecular weight is 304 g/mol. The molecule has 21 heavy (non-hydrogen) atoms. The van der Waals surface area contributed by atoms with Crippen molar-refractivity contribution in [3.8, 4) is 5.75 Å². The van der Waals surface area contributed by atoms with E-state index >= 15 is 0 Å². The second-order valence-electron chi connectivity index (χ2n) is 5.28. The number of hydrogen-bond acceptors (Lipinski definition) is 4. The number of aryl methyl sites for hydroxylation is 1. The van der Waals surface area contributed by atoms with Gasteiger partial charge >= 0.3 is 0 Å². The summed E-state index contributed by atoms with van der Waals surface area (Å²) in [5, 5.41) is 3.60. The molecule has 0 aliphatic carbocycles. The van der Waals surface area contributed by atoms with E-state index < -0.39 is 0 Å². The number of benzene rings is 1. The Morgan fingerprint density at radius 2 is 2.29 bits per heavy atom. The molecule has 0 bridgehead atoms. The summed E-state index contributed by atoms with van der Waals surface area (Å²) >= 11 is 1.72. The Labute approximate surface area is 131 Å². The van der Waals surface area contributed by atoms with Crippen LogP contribution in [0, 0.1) is 6.92 Å². The molecule has 0 amide bonds. The third-order valence-electron chi connectivity index (χ3n) is 3.34. The van der Waals surface area contributed by atoms with Gasteiger partial charge in [-0.3, -0.25) is 4.98 Å². The zero-order valence-electron chi connectivity index (χ0n) is 12.8. The lowest BCUT2D eigenvalue weighted by Gasteiger charge is -2.18. The smallest absolute Gasteiger partial charge is 0.119 e. The molecule has 1 aromatic heterocycles. The summed E-state index contributed by atoms with van der Waals surface area (Å²) in [5.41, 5.74) is 3.13. The lowest BCUT2D eigenvalue weighted by Crippen LogP contribution is -2.33. The summed E-state index contributed by atoms with van der Waals surface area (Å²) < 4.78 is 5.86. The van der Waals surface area contributed by atoms with Crippen molar-refractivity contribution >= 4 is 11.3 Å². The highest BCUT2D eigenvalue weighted by Crippen LogP contribution is 2.14. The van der Waals surface area contributed by atoms with Gasteiger partial charge in [-0.1, -0.05) is 19.1 Å². The Hall–Kier alpha value is -1.39. The van der Waals surface area contributed by atoms with Gasteiger partial charge in [0.1, 0.15) is 5.75 Å². The first-order valence-electron chi connectivity index (χ1n) is 7.58. The van der Waals surface area contributed by atoms with E-state index in [1.54, 1.807) is 11.3 Å². The highest BCUT2D eigenvalue weighted by molar-refractivity contribution is 7.09. The molecule has 0 fully saturated rings. The summed E-state index contributed by atoms with van der Waals surface area (Å²) in [7, 11) is 0. The Balaban J connectivity index is 1.80. The Kier molecular flexibility index (Phi) is 6.70. The quantitative estimate of drug-likeness (QED) is 0.764. The number of nitrogens with zero attached hydrogens (tertiary/aromatic N) is 1. The minimum Gasteiger partial charge on any atom is -0.494 e. The second kappa shape index (κ2) is 8.80. The van der Waals surface area contributed by atoms with Crippen molar-refractivity contribution in [1.82, 2.24) is 10.3 Å². The van der Waals surface area contributed by atoms with Crippen LogP contribution in [0.1, 0.15) is 30.2 Å². The summed E-state index contributed by atoms with van der Waals surface area (Å²) in [6, 6.07) is 8.68. The van der Waals surface area contributed by atoms with Crippen LogP contribution in [-0.4, -0.2) is 24.2 Å². The fraction of sp³-hybridized carbons (Fsp3) is 0.471. The van der Waals surface area contributed by atoms with Crippen LogP contribution in [0.4, 0.5) is 0 Å². The predicted octanol–water partition coefficient (Wildman–Crippen LogP) is 3.83. The van der Waals surface area contributed by atoms with Gasteiger partial charge in [-0.25, -0.2) is 0 Å². The standard InChI is InChI=1S/C17H24N2OS/c1-3-8-19-15(11-17-12-18-13-21-17)7-9-20-16-6-4-5-14(2)10-16/h4-6,10,12-13,15,19H,3,7-9,11H2,1-2H3. The summed E-state index contributed by atoms with van der Waals surface area (Å²) in [5.74, 6) is 0.960. The molecule has 0 aliphatic heterocycles. The van der Waals surface area contributed by atoms with Gasteiger partial charge in [0.2, 0.25) is 0 Å². The molecule has 4 heteroatoms. The summed E-state index contributed by atoms with van der Waals surface area (Å²) in [4.78, 5) is 5.49. The van der Waals surface area contributed by atoms with E-state index in [2.05, 4.69) is 36.3 Å². The van der Waals surface area contributed by atoms with E-state index in [4.69, 9.17) is 4.74 Å². The molecule has 1 aromatic carbocycles.